The van der Waals surface area contributed by atoms with Crippen molar-refractivity contribution in [3.63, 3.8) is 0 Å². The van der Waals surface area contributed by atoms with E-state index in [2.05, 4.69) is 39.9 Å². The number of aromatic nitrogens is 1. The molecule has 0 saturated heterocycles. The Kier molecular flexibility index (Phi) is 9.35. The van der Waals surface area contributed by atoms with Gasteiger partial charge in [0.1, 0.15) is 5.75 Å². The highest BCUT2D eigenvalue weighted by atomic mass is 16.5. The molecule has 0 amide bonds. The normalized spacial score (nSPS) is 12.5. The molecule has 27 heavy (non-hydrogen) atoms. The van der Waals surface area contributed by atoms with Gasteiger partial charge in [-0.15, -0.1) is 0 Å². The molecule has 1 aromatic carbocycles. The molecule has 1 N–H and O–H groups in total. The van der Waals surface area contributed by atoms with Crippen LogP contribution in [-0.2, 0) is 22.6 Å². The summed E-state index contributed by atoms with van der Waals surface area (Å²) in [6.45, 7) is 4.03. The van der Waals surface area contributed by atoms with Gasteiger partial charge in [-0.3, -0.25) is 4.90 Å². The van der Waals surface area contributed by atoms with Crippen LogP contribution in [0.25, 0.3) is 0 Å². The summed E-state index contributed by atoms with van der Waals surface area (Å²) >= 11 is 0. The first-order chi connectivity index (χ1) is 13.2. The first kappa shape index (κ1) is 21.4. The molecule has 0 radical (unpaired) electrons. The van der Waals surface area contributed by atoms with Crippen LogP contribution < -0.4 is 4.74 Å². The van der Waals surface area contributed by atoms with Gasteiger partial charge in [0.05, 0.1) is 19.8 Å². The molecule has 6 nitrogen and oxygen atoms in total. The maximum Gasteiger partial charge on any atom is 0.119 e. The van der Waals surface area contributed by atoms with Crippen molar-refractivity contribution in [2.24, 2.45) is 0 Å². The smallest absolute Gasteiger partial charge is 0.119 e. The average molecular weight is 376 g/mol. The van der Waals surface area contributed by atoms with Gasteiger partial charge in [-0.25, -0.2) is 0 Å². The summed E-state index contributed by atoms with van der Waals surface area (Å²) in [6, 6.07) is 12.3. The van der Waals surface area contributed by atoms with Crippen LogP contribution in [0.2, 0.25) is 0 Å². The molecule has 0 aliphatic carbocycles. The Morgan fingerprint density at radius 1 is 1.11 bits per heavy atom. The van der Waals surface area contributed by atoms with E-state index in [9.17, 15) is 5.11 Å². The van der Waals surface area contributed by atoms with Crippen molar-refractivity contribution in [2.45, 2.75) is 25.6 Å². The number of ether oxygens (including phenoxy) is 3. The lowest BCUT2D eigenvalue weighted by Crippen LogP contribution is -2.36. The second-order valence-corrected chi connectivity index (χ2v) is 6.67. The Morgan fingerprint density at radius 3 is 2.70 bits per heavy atom. The van der Waals surface area contributed by atoms with E-state index < -0.39 is 6.10 Å². The maximum absolute atomic E-state index is 10.1. The third kappa shape index (κ3) is 7.34. The summed E-state index contributed by atoms with van der Waals surface area (Å²) in [6.07, 6.45) is 2.51. The van der Waals surface area contributed by atoms with Crippen molar-refractivity contribution in [1.82, 2.24) is 9.47 Å². The van der Waals surface area contributed by atoms with Crippen molar-refractivity contribution >= 4 is 0 Å². The first-order valence-electron chi connectivity index (χ1n) is 9.31. The van der Waals surface area contributed by atoms with Gasteiger partial charge in [0.2, 0.25) is 0 Å². The van der Waals surface area contributed by atoms with Crippen LogP contribution in [0.1, 0.15) is 17.7 Å². The number of hydrogen-bond acceptors (Lipinski definition) is 5. The zero-order chi connectivity index (χ0) is 19.5. The zero-order valence-corrected chi connectivity index (χ0v) is 16.6. The molecule has 0 unspecified atom stereocenters. The van der Waals surface area contributed by atoms with Gasteiger partial charge in [0.15, 0.2) is 0 Å². The van der Waals surface area contributed by atoms with Crippen LogP contribution in [0.3, 0.4) is 0 Å². The Balaban J connectivity index is 2.04. The third-order valence-corrected chi connectivity index (χ3v) is 4.45. The van der Waals surface area contributed by atoms with E-state index in [4.69, 9.17) is 14.2 Å². The van der Waals surface area contributed by atoms with E-state index in [-0.39, 0.29) is 0 Å². The third-order valence-electron chi connectivity index (χ3n) is 4.45. The number of methoxy groups -OCH3 is 3. The average Bonchev–Trinajstić information content (AvgIpc) is 3.08. The van der Waals surface area contributed by atoms with Crippen molar-refractivity contribution in [3.8, 4) is 5.75 Å². The van der Waals surface area contributed by atoms with E-state index in [1.165, 1.54) is 11.3 Å². The quantitative estimate of drug-likeness (QED) is 0.544. The summed E-state index contributed by atoms with van der Waals surface area (Å²) in [4.78, 5) is 2.25. The molecule has 0 aliphatic rings. The molecule has 1 aromatic heterocycles. The number of aliphatic hydroxyl groups is 1. The molecule has 6 heteroatoms. The standard InChI is InChI=1S/C21H32N2O4/c1-25-12-6-10-22(16-20(24)17-26-2)15-19-8-5-11-23(19)14-18-7-4-9-21(13-18)27-3/h4-5,7-9,11,13,20,24H,6,10,12,14-17H2,1-3H3/t20-/m1/s1. The lowest BCUT2D eigenvalue weighted by atomic mass is 10.2. The monoisotopic (exact) mass is 376 g/mol. The zero-order valence-electron chi connectivity index (χ0n) is 16.6. The molecule has 1 heterocycles. The largest absolute Gasteiger partial charge is 0.497 e. The van der Waals surface area contributed by atoms with E-state index in [0.29, 0.717) is 19.8 Å². The van der Waals surface area contributed by atoms with E-state index in [1.54, 1.807) is 21.3 Å². The van der Waals surface area contributed by atoms with Gasteiger partial charge in [-0.1, -0.05) is 12.1 Å². The molecule has 2 rings (SSSR count). The van der Waals surface area contributed by atoms with Gasteiger partial charge in [0.25, 0.3) is 0 Å². The van der Waals surface area contributed by atoms with Crippen molar-refractivity contribution < 1.29 is 19.3 Å². The molecular formula is C21H32N2O4. The number of rotatable bonds is 13. The molecule has 0 bridgehead atoms. The number of aliphatic hydroxyl groups excluding tert-OH is 1. The minimum atomic E-state index is -0.501. The van der Waals surface area contributed by atoms with Crippen LogP contribution in [0, 0.1) is 0 Å². The Bertz CT molecular complexity index is 659. The minimum absolute atomic E-state index is 0.339. The molecule has 2 aromatic rings. The molecule has 0 fully saturated rings. The fraction of sp³-hybridized carbons (Fsp3) is 0.524. The summed E-state index contributed by atoms with van der Waals surface area (Å²) in [5.74, 6) is 0.866. The molecule has 150 valence electrons. The Labute approximate surface area is 162 Å². The van der Waals surface area contributed by atoms with Crippen molar-refractivity contribution in [1.29, 1.82) is 0 Å². The summed E-state index contributed by atoms with van der Waals surface area (Å²) < 4.78 is 17.8. The number of benzene rings is 1. The number of nitrogens with zero attached hydrogens (tertiary/aromatic N) is 2. The van der Waals surface area contributed by atoms with Crippen LogP contribution in [0.5, 0.6) is 5.75 Å². The van der Waals surface area contributed by atoms with Crippen LogP contribution in [0.4, 0.5) is 0 Å². The predicted molar refractivity (Wildman–Crippen MR) is 106 cm³/mol. The van der Waals surface area contributed by atoms with Crippen LogP contribution in [0.15, 0.2) is 42.6 Å². The van der Waals surface area contributed by atoms with Gasteiger partial charge in [-0.05, 0) is 36.2 Å². The van der Waals surface area contributed by atoms with Gasteiger partial charge >= 0.3 is 0 Å². The maximum atomic E-state index is 10.1. The summed E-state index contributed by atoms with van der Waals surface area (Å²) in [5, 5.41) is 10.1. The van der Waals surface area contributed by atoms with Crippen molar-refractivity contribution in [2.75, 3.05) is 47.6 Å². The lowest BCUT2D eigenvalue weighted by molar-refractivity contribution is 0.0332. The van der Waals surface area contributed by atoms with Gasteiger partial charge in [-0.2, -0.15) is 0 Å². The lowest BCUT2D eigenvalue weighted by Gasteiger charge is -2.25. The molecule has 1 atom stereocenters. The molecule has 0 saturated carbocycles. The summed E-state index contributed by atoms with van der Waals surface area (Å²) in [5.41, 5.74) is 2.40. The molecular weight excluding hydrogens is 344 g/mol. The molecule has 0 spiro atoms. The number of hydrogen-bond donors (Lipinski definition) is 1. The highest BCUT2D eigenvalue weighted by Crippen LogP contribution is 2.16. The van der Waals surface area contributed by atoms with E-state index >= 15 is 0 Å². The second kappa shape index (κ2) is 11.8. The second-order valence-electron chi connectivity index (χ2n) is 6.67. The predicted octanol–water partition coefficient (Wildman–Crippen LogP) is 2.39. The highest BCUT2D eigenvalue weighted by Gasteiger charge is 2.14. The Hall–Kier alpha value is -1.86. The van der Waals surface area contributed by atoms with Gasteiger partial charge in [0, 0.05) is 58.9 Å². The van der Waals surface area contributed by atoms with E-state index in [0.717, 1.165) is 31.8 Å². The van der Waals surface area contributed by atoms with Crippen molar-refractivity contribution in [3.05, 3.63) is 53.9 Å². The topological polar surface area (TPSA) is 56.1 Å². The summed E-state index contributed by atoms with van der Waals surface area (Å²) in [7, 11) is 5.00. The van der Waals surface area contributed by atoms with Crippen LogP contribution in [-0.4, -0.2) is 68.3 Å². The Morgan fingerprint density at radius 2 is 1.96 bits per heavy atom. The van der Waals surface area contributed by atoms with E-state index in [1.807, 2.05) is 12.1 Å². The van der Waals surface area contributed by atoms with Crippen LogP contribution >= 0.6 is 0 Å². The highest BCUT2D eigenvalue weighted by molar-refractivity contribution is 5.29. The SMILES string of the molecule is COCCCN(Cc1cccn1Cc1cccc(OC)c1)C[C@@H](O)COC. The fourth-order valence-corrected chi connectivity index (χ4v) is 3.15. The van der Waals surface area contributed by atoms with Gasteiger partial charge < -0.3 is 23.9 Å². The minimum Gasteiger partial charge on any atom is -0.497 e. The molecule has 0 aliphatic heterocycles. The first-order valence-corrected chi connectivity index (χ1v) is 9.31. The fourth-order valence-electron chi connectivity index (χ4n) is 3.15.